The van der Waals surface area contributed by atoms with E-state index in [0.29, 0.717) is 13.0 Å². The topological polar surface area (TPSA) is 46.3 Å². The van der Waals surface area contributed by atoms with E-state index in [4.69, 9.17) is 5.84 Å². The van der Waals surface area contributed by atoms with Crippen LogP contribution in [0.5, 0.6) is 0 Å². The predicted molar refractivity (Wildman–Crippen MR) is 51.5 cm³/mol. The summed E-state index contributed by atoms with van der Waals surface area (Å²) in [4.78, 5) is 11.1. The Hall–Kier alpha value is -1.35. The van der Waals surface area contributed by atoms with E-state index >= 15 is 0 Å². The van der Waals surface area contributed by atoms with E-state index in [1.807, 2.05) is 30.3 Å². The number of amides is 1. The summed E-state index contributed by atoms with van der Waals surface area (Å²) in [7, 11) is 0. The van der Waals surface area contributed by atoms with E-state index in [9.17, 15) is 4.79 Å². The molecule has 1 amide bonds. The third-order valence-corrected chi connectivity index (χ3v) is 1.82. The van der Waals surface area contributed by atoms with Gasteiger partial charge in [-0.2, -0.15) is 0 Å². The van der Waals surface area contributed by atoms with Crippen LogP contribution in [0.1, 0.15) is 18.9 Å². The number of nitrogens with zero attached hydrogens (tertiary/aromatic N) is 1. The number of carbonyl (C=O) groups excluding carboxylic acids is 1. The summed E-state index contributed by atoms with van der Waals surface area (Å²) < 4.78 is 0. The minimum absolute atomic E-state index is 0.0381. The van der Waals surface area contributed by atoms with E-state index in [-0.39, 0.29) is 5.91 Å². The van der Waals surface area contributed by atoms with Crippen molar-refractivity contribution in [1.82, 2.24) is 5.01 Å². The van der Waals surface area contributed by atoms with Crippen molar-refractivity contribution in [2.45, 2.75) is 19.9 Å². The third-order valence-electron chi connectivity index (χ3n) is 1.82. The Morgan fingerprint density at radius 1 is 1.38 bits per heavy atom. The van der Waals surface area contributed by atoms with Crippen LogP contribution in [-0.4, -0.2) is 10.9 Å². The molecule has 0 atom stereocenters. The fraction of sp³-hybridized carbons (Fsp3) is 0.300. The first-order valence-corrected chi connectivity index (χ1v) is 4.33. The number of rotatable bonds is 3. The lowest BCUT2D eigenvalue weighted by molar-refractivity contribution is -0.131. The van der Waals surface area contributed by atoms with Crippen molar-refractivity contribution in [3.63, 3.8) is 0 Å². The largest absolute Gasteiger partial charge is 0.276 e. The van der Waals surface area contributed by atoms with Gasteiger partial charge in [-0.15, -0.1) is 0 Å². The van der Waals surface area contributed by atoms with Gasteiger partial charge in [0.2, 0.25) is 5.91 Å². The van der Waals surface area contributed by atoms with Gasteiger partial charge in [0.05, 0.1) is 6.54 Å². The normalized spacial score (nSPS) is 9.69. The second kappa shape index (κ2) is 4.62. The van der Waals surface area contributed by atoms with E-state index in [1.165, 1.54) is 5.01 Å². The summed E-state index contributed by atoms with van der Waals surface area (Å²) in [6.45, 7) is 2.28. The Labute approximate surface area is 78.1 Å². The van der Waals surface area contributed by atoms with Gasteiger partial charge in [-0.25, -0.2) is 5.84 Å². The van der Waals surface area contributed by atoms with Gasteiger partial charge in [-0.1, -0.05) is 37.3 Å². The quantitative estimate of drug-likeness (QED) is 0.431. The highest BCUT2D eigenvalue weighted by atomic mass is 16.2. The molecule has 0 heterocycles. The van der Waals surface area contributed by atoms with Crippen LogP contribution in [0.15, 0.2) is 30.3 Å². The molecule has 0 aliphatic carbocycles. The van der Waals surface area contributed by atoms with E-state index in [1.54, 1.807) is 6.92 Å². The van der Waals surface area contributed by atoms with Gasteiger partial charge in [-0.05, 0) is 5.56 Å². The van der Waals surface area contributed by atoms with Crippen molar-refractivity contribution in [3.8, 4) is 0 Å². The standard InChI is InChI=1S/C10H14N2O/c1-2-10(13)12(11)8-9-6-4-3-5-7-9/h3-7H,2,8,11H2,1H3. The Morgan fingerprint density at radius 2 is 2.00 bits per heavy atom. The first-order chi connectivity index (χ1) is 6.24. The highest BCUT2D eigenvalue weighted by Crippen LogP contribution is 2.01. The van der Waals surface area contributed by atoms with Crippen molar-refractivity contribution in [1.29, 1.82) is 0 Å². The van der Waals surface area contributed by atoms with Crippen LogP contribution in [0.3, 0.4) is 0 Å². The second-order valence-electron chi connectivity index (χ2n) is 2.86. The molecule has 3 heteroatoms. The summed E-state index contributed by atoms with van der Waals surface area (Å²) in [5, 5.41) is 1.25. The molecule has 0 unspecified atom stereocenters. The fourth-order valence-electron chi connectivity index (χ4n) is 1.07. The lowest BCUT2D eigenvalue weighted by Crippen LogP contribution is -2.36. The lowest BCUT2D eigenvalue weighted by atomic mass is 10.2. The van der Waals surface area contributed by atoms with Crippen LogP contribution in [0.4, 0.5) is 0 Å². The summed E-state index contributed by atoms with van der Waals surface area (Å²) in [5.74, 6) is 5.51. The number of benzene rings is 1. The number of hydrazine groups is 1. The van der Waals surface area contributed by atoms with Gasteiger partial charge in [0.15, 0.2) is 0 Å². The minimum Gasteiger partial charge on any atom is -0.276 e. The first-order valence-electron chi connectivity index (χ1n) is 4.33. The van der Waals surface area contributed by atoms with Crippen molar-refractivity contribution in [2.75, 3.05) is 0 Å². The first kappa shape index (κ1) is 9.74. The molecule has 1 aromatic carbocycles. The van der Waals surface area contributed by atoms with Gasteiger partial charge in [0.25, 0.3) is 0 Å². The highest BCUT2D eigenvalue weighted by molar-refractivity contribution is 5.75. The summed E-state index contributed by atoms with van der Waals surface area (Å²) in [6.07, 6.45) is 0.448. The maximum atomic E-state index is 11.1. The molecule has 0 saturated carbocycles. The summed E-state index contributed by atoms with van der Waals surface area (Å²) in [5.41, 5.74) is 1.05. The molecule has 70 valence electrons. The zero-order valence-corrected chi connectivity index (χ0v) is 7.73. The molecular formula is C10H14N2O. The zero-order valence-electron chi connectivity index (χ0n) is 7.73. The summed E-state index contributed by atoms with van der Waals surface area (Å²) in [6, 6.07) is 9.69. The van der Waals surface area contributed by atoms with Crippen LogP contribution >= 0.6 is 0 Å². The lowest BCUT2D eigenvalue weighted by Gasteiger charge is -2.15. The Balaban J connectivity index is 2.55. The fourth-order valence-corrected chi connectivity index (χ4v) is 1.07. The van der Waals surface area contributed by atoms with Crippen LogP contribution < -0.4 is 5.84 Å². The Bertz CT molecular complexity index is 272. The minimum atomic E-state index is -0.0381. The van der Waals surface area contributed by atoms with E-state index < -0.39 is 0 Å². The smallest absolute Gasteiger partial charge is 0.236 e. The number of nitrogens with two attached hydrogens (primary N) is 1. The molecule has 0 fully saturated rings. The molecule has 13 heavy (non-hydrogen) atoms. The zero-order chi connectivity index (χ0) is 9.68. The van der Waals surface area contributed by atoms with E-state index in [2.05, 4.69) is 0 Å². The monoisotopic (exact) mass is 178 g/mol. The molecule has 0 aliphatic heterocycles. The van der Waals surface area contributed by atoms with Gasteiger partial charge in [0, 0.05) is 6.42 Å². The van der Waals surface area contributed by atoms with E-state index in [0.717, 1.165) is 5.56 Å². The number of hydrogen-bond donors (Lipinski definition) is 1. The molecule has 2 N–H and O–H groups in total. The molecule has 0 spiro atoms. The average molecular weight is 178 g/mol. The Kier molecular flexibility index (Phi) is 3.46. The predicted octanol–water partition coefficient (Wildman–Crippen LogP) is 1.30. The molecule has 0 aromatic heterocycles. The van der Waals surface area contributed by atoms with Gasteiger partial charge in [-0.3, -0.25) is 9.80 Å². The average Bonchev–Trinajstić information content (AvgIpc) is 2.18. The number of carbonyl (C=O) groups is 1. The molecule has 0 aliphatic rings. The van der Waals surface area contributed by atoms with Crippen LogP contribution in [-0.2, 0) is 11.3 Å². The molecule has 0 saturated heterocycles. The molecule has 3 nitrogen and oxygen atoms in total. The third kappa shape index (κ3) is 2.87. The van der Waals surface area contributed by atoms with Crippen molar-refractivity contribution < 1.29 is 4.79 Å². The maximum absolute atomic E-state index is 11.1. The van der Waals surface area contributed by atoms with Crippen LogP contribution in [0.25, 0.3) is 0 Å². The van der Waals surface area contributed by atoms with Gasteiger partial charge in [0.1, 0.15) is 0 Å². The number of hydrogen-bond acceptors (Lipinski definition) is 2. The van der Waals surface area contributed by atoms with Crippen LogP contribution in [0.2, 0.25) is 0 Å². The van der Waals surface area contributed by atoms with Crippen molar-refractivity contribution in [2.24, 2.45) is 5.84 Å². The van der Waals surface area contributed by atoms with Crippen molar-refractivity contribution in [3.05, 3.63) is 35.9 Å². The van der Waals surface area contributed by atoms with Crippen LogP contribution in [0, 0.1) is 0 Å². The molecular weight excluding hydrogens is 164 g/mol. The SMILES string of the molecule is CCC(=O)N(N)Cc1ccccc1. The van der Waals surface area contributed by atoms with Gasteiger partial charge >= 0.3 is 0 Å². The highest BCUT2D eigenvalue weighted by Gasteiger charge is 2.05. The van der Waals surface area contributed by atoms with Crippen molar-refractivity contribution >= 4 is 5.91 Å². The molecule has 0 radical (unpaired) electrons. The Morgan fingerprint density at radius 3 is 2.54 bits per heavy atom. The second-order valence-corrected chi connectivity index (χ2v) is 2.86. The molecule has 0 bridgehead atoms. The maximum Gasteiger partial charge on any atom is 0.236 e. The van der Waals surface area contributed by atoms with Gasteiger partial charge < -0.3 is 0 Å². The molecule has 1 aromatic rings. The summed E-state index contributed by atoms with van der Waals surface area (Å²) >= 11 is 0. The molecule has 1 rings (SSSR count).